The van der Waals surface area contributed by atoms with Crippen molar-refractivity contribution in [3.8, 4) is 6.07 Å². The van der Waals surface area contributed by atoms with E-state index in [0.717, 1.165) is 0 Å². The smallest absolute Gasteiger partial charge is 0.305 e. The molecule has 1 rings (SSSR count). The molecule has 0 amide bonds. The number of rotatable bonds is 5. The number of pyridine rings is 1. The van der Waals surface area contributed by atoms with Crippen molar-refractivity contribution in [2.45, 2.75) is 26.3 Å². The third kappa shape index (κ3) is 3.18. The van der Waals surface area contributed by atoms with Crippen molar-refractivity contribution in [3.63, 3.8) is 0 Å². The number of carboxylic acids is 1. The molecule has 0 saturated carbocycles. The molecule has 5 nitrogen and oxygen atoms in total. The molecule has 1 N–H and O–H groups in total. The van der Waals surface area contributed by atoms with Gasteiger partial charge >= 0.3 is 5.97 Å². The number of nitriles is 1. The standard InChI is InChI=1S/C12H15N3O2/c1-3-15(9(2)7-12(16)17)11-5-4-6-14-10(11)8-13/h4-6,9H,3,7H2,1-2H3,(H,16,17). The highest BCUT2D eigenvalue weighted by Crippen LogP contribution is 2.20. The van der Waals surface area contributed by atoms with Crippen LogP contribution < -0.4 is 4.90 Å². The Balaban J connectivity index is 3.01. The normalized spacial score (nSPS) is 11.6. The number of anilines is 1. The molecule has 1 atom stereocenters. The summed E-state index contributed by atoms with van der Waals surface area (Å²) in [7, 11) is 0. The van der Waals surface area contributed by atoms with E-state index in [1.807, 2.05) is 24.8 Å². The molecule has 0 aliphatic carbocycles. The van der Waals surface area contributed by atoms with Gasteiger partial charge in [0.15, 0.2) is 5.69 Å². The van der Waals surface area contributed by atoms with Crippen LogP contribution in [0.4, 0.5) is 5.69 Å². The van der Waals surface area contributed by atoms with Crippen LogP contribution in [0.5, 0.6) is 0 Å². The number of hydrogen-bond acceptors (Lipinski definition) is 4. The molecule has 0 radical (unpaired) electrons. The third-order valence-corrected chi connectivity index (χ3v) is 2.54. The molecule has 0 aliphatic rings. The maximum Gasteiger partial charge on any atom is 0.305 e. The molecule has 0 aromatic carbocycles. The Morgan fingerprint density at radius 2 is 2.41 bits per heavy atom. The van der Waals surface area contributed by atoms with Gasteiger partial charge in [-0.1, -0.05) is 0 Å². The highest BCUT2D eigenvalue weighted by atomic mass is 16.4. The lowest BCUT2D eigenvalue weighted by molar-refractivity contribution is -0.137. The van der Waals surface area contributed by atoms with E-state index in [1.54, 1.807) is 18.3 Å². The van der Waals surface area contributed by atoms with Crippen molar-refractivity contribution in [2.75, 3.05) is 11.4 Å². The van der Waals surface area contributed by atoms with E-state index < -0.39 is 5.97 Å². The highest BCUT2D eigenvalue weighted by Gasteiger charge is 2.18. The average molecular weight is 233 g/mol. The minimum absolute atomic E-state index is 0.0353. The van der Waals surface area contributed by atoms with Crippen molar-refractivity contribution < 1.29 is 9.90 Å². The third-order valence-electron chi connectivity index (χ3n) is 2.54. The molecular weight excluding hydrogens is 218 g/mol. The van der Waals surface area contributed by atoms with Crippen LogP contribution >= 0.6 is 0 Å². The van der Waals surface area contributed by atoms with Gasteiger partial charge in [-0.3, -0.25) is 4.79 Å². The van der Waals surface area contributed by atoms with Gasteiger partial charge < -0.3 is 10.0 Å². The molecule has 0 saturated heterocycles. The van der Waals surface area contributed by atoms with Crippen LogP contribution in [-0.2, 0) is 4.79 Å². The van der Waals surface area contributed by atoms with E-state index >= 15 is 0 Å². The monoisotopic (exact) mass is 233 g/mol. The first-order chi connectivity index (χ1) is 8.10. The molecular formula is C12H15N3O2. The summed E-state index contributed by atoms with van der Waals surface area (Å²) in [5.41, 5.74) is 1.01. The zero-order valence-corrected chi connectivity index (χ0v) is 9.92. The van der Waals surface area contributed by atoms with Crippen molar-refractivity contribution >= 4 is 11.7 Å². The van der Waals surface area contributed by atoms with Gasteiger partial charge in [0, 0.05) is 18.8 Å². The van der Waals surface area contributed by atoms with Crippen LogP contribution in [0, 0.1) is 11.3 Å². The van der Waals surface area contributed by atoms with E-state index in [-0.39, 0.29) is 12.5 Å². The Hall–Kier alpha value is -2.09. The van der Waals surface area contributed by atoms with Crippen LogP contribution in [0.1, 0.15) is 26.0 Å². The predicted octanol–water partition coefficient (Wildman–Crippen LogP) is 1.64. The SMILES string of the molecule is CCN(c1cccnc1C#N)C(C)CC(=O)O. The quantitative estimate of drug-likeness (QED) is 0.836. The van der Waals surface area contributed by atoms with Crippen molar-refractivity contribution in [2.24, 2.45) is 0 Å². The van der Waals surface area contributed by atoms with Crippen molar-refractivity contribution in [3.05, 3.63) is 24.0 Å². The average Bonchev–Trinajstić information content (AvgIpc) is 2.29. The lowest BCUT2D eigenvalue weighted by Gasteiger charge is -2.29. The second kappa shape index (κ2) is 5.85. The van der Waals surface area contributed by atoms with Crippen LogP contribution in [0.25, 0.3) is 0 Å². The molecule has 17 heavy (non-hydrogen) atoms. The summed E-state index contributed by atoms with van der Waals surface area (Å²) in [6.07, 6.45) is 1.59. The van der Waals surface area contributed by atoms with Gasteiger partial charge in [-0.2, -0.15) is 5.26 Å². The number of carbonyl (C=O) groups is 1. The first kappa shape index (κ1) is 13.0. The summed E-state index contributed by atoms with van der Waals surface area (Å²) in [5, 5.41) is 17.8. The van der Waals surface area contributed by atoms with Gasteiger partial charge in [-0.15, -0.1) is 0 Å². The summed E-state index contributed by atoms with van der Waals surface area (Å²) < 4.78 is 0. The Bertz CT molecular complexity index is 440. The van der Waals surface area contributed by atoms with Gasteiger partial charge in [0.25, 0.3) is 0 Å². The molecule has 0 bridgehead atoms. The summed E-state index contributed by atoms with van der Waals surface area (Å²) in [6, 6.07) is 5.37. The molecule has 0 aliphatic heterocycles. The zero-order valence-electron chi connectivity index (χ0n) is 9.92. The minimum atomic E-state index is -0.849. The van der Waals surface area contributed by atoms with E-state index in [2.05, 4.69) is 4.98 Å². The predicted molar refractivity (Wildman–Crippen MR) is 63.7 cm³/mol. The van der Waals surface area contributed by atoms with E-state index in [1.165, 1.54) is 0 Å². The Kier molecular flexibility index (Phi) is 4.46. The van der Waals surface area contributed by atoms with Gasteiger partial charge in [-0.25, -0.2) is 4.98 Å². The lowest BCUT2D eigenvalue weighted by atomic mass is 10.1. The van der Waals surface area contributed by atoms with Gasteiger partial charge in [0.2, 0.25) is 0 Å². The topological polar surface area (TPSA) is 77.2 Å². The first-order valence-corrected chi connectivity index (χ1v) is 5.43. The molecule has 1 aromatic heterocycles. The summed E-state index contributed by atoms with van der Waals surface area (Å²) in [4.78, 5) is 16.6. The van der Waals surface area contributed by atoms with Crippen LogP contribution in [0.3, 0.4) is 0 Å². The first-order valence-electron chi connectivity index (χ1n) is 5.43. The highest BCUT2D eigenvalue weighted by molar-refractivity contribution is 5.69. The molecule has 1 aromatic rings. The second-order valence-electron chi connectivity index (χ2n) is 3.72. The number of carboxylic acid groups (broad SMARTS) is 1. The van der Waals surface area contributed by atoms with Gasteiger partial charge in [-0.05, 0) is 26.0 Å². The number of aromatic nitrogens is 1. The van der Waals surface area contributed by atoms with E-state index in [9.17, 15) is 4.79 Å². The molecule has 0 spiro atoms. The molecule has 5 heteroatoms. The molecule has 1 unspecified atom stereocenters. The number of hydrogen-bond donors (Lipinski definition) is 1. The fraction of sp³-hybridized carbons (Fsp3) is 0.417. The maximum atomic E-state index is 10.7. The largest absolute Gasteiger partial charge is 0.481 e. The summed E-state index contributed by atoms with van der Waals surface area (Å²) in [6.45, 7) is 4.38. The zero-order chi connectivity index (χ0) is 12.8. The Labute approximate surface area is 100 Å². The molecule has 0 fully saturated rings. The maximum absolute atomic E-state index is 10.7. The fourth-order valence-electron chi connectivity index (χ4n) is 1.80. The Morgan fingerprint density at radius 1 is 1.71 bits per heavy atom. The number of nitrogens with zero attached hydrogens (tertiary/aromatic N) is 3. The van der Waals surface area contributed by atoms with E-state index in [0.29, 0.717) is 17.9 Å². The van der Waals surface area contributed by atoms with Crippen LogP contribution in [-0.4, -0.2) is 28.6 Å². The van der Waals surface area contributed by atoms with Gasteiger partial charge in [0.1, 0.15) is 6.07 Å². The molecule has 1 heterocycles. The van der Waals surface area contributed by atoms with E-state index in [4.69, 9.17) is 10.4 Å². The summed E-state index contributed by atoms with van der Waals surface area (Å²) in [5.74, 6) is -0.849. The number of aliphatic carboxylic acids is 1. The van der Waals surface area contributed by atoms with Crippen molar-refractivity contribution in [1.29, 1.82) is 5.26 Å². The Morgan fingerprint density at radius 3 is 2.94 bits per heavy atom. The lowest BCUT2D eigenvalue weighted by Crippen LogP contribution is -2.35. The second-order valence-corrected chi connectivity index (χ2v) is 3.72. The molecule has 90 valence electrons. The summed E-state index contributed by atoms with van der Waals surface area (Å²) >= 11 is 0. The van der Waals surface area contributed by atoms with Gasteiger partial charge in [0.05, 0.1) is 12.1 Å². The van der Waals surface area contributed by atoms with Crippen molar-refractivity contribution in [1.82, 2.24) is 4.98 Å². The fourth-order valence-corrected chi connectivity index (χ4v) is 1.80. The van der Waals surface area contributed by atoms with Crippen LogP contribution in [0.15, 0.2) is 18.3 Å². The van der Waals surface area contributed by atoms with Crippen LogP contribution in [0.2, 0.25) is 0 Å². The minimum Gasteiger partial charge on any atom is -0.481 e.